The van der Waals surface area contributed by atoms with Gasteiger partial charge in [-0.05, 0) is 20.8 Å². The number of carbonyl (C=O) groups is 1. The van der Waals surface area contributed by atoms with Crippen molar-refractivity contribution in [2.24, 2.45) is 0 Å². The standard InChI is InChI=1S/C11H16N2O2/c1-4-5-6-13-9(3)10(7-11(14)15)8(2)12-13/h4-5H,6-7H2,1-3H3,(H,14,15)/b5-4+. The van der Waals surface area contributed by atoms with Crippen LogP contribution in [0.2, 0.25) is 0 Å². The molecule has 1 aromatic rings. The summed E-state index contributed by atoms with van der Waals surface area (Å²) >= 11 is 0. The molecule has 1 rings (SSSR count). The summed E-state index contributed by atoms with van der Waals surface area (Å²) in [6, 6.07) is 0. The highest BCUT2D eigenvalue weighted by atomic mass is 16.4. The first-order chi connectivity index (χ1) is 7.06. The van der Waals surface area contributed by atoms with Crippen molar-refractivity contribution >= 4 is 5.97 Å². The van der Waals surface area contributed by atoms with E-state index < -0.39 is 5.97 Å². The number of carboxylic acid groups (broad SMARTS) is 1. The molecule has 0 amide bonds. The molecule has 0 spiro atoms. The van der Waals surface area contributed by atoms with Crippen LogP contribution in [0.5, 0.6) is 0 Å². The maximum absolute atomic E-state index is 10.6. The Hall–Kier alpha value is -1.58. The molecule has 0 saturated carbocycles. The summed E-state index contributed by atoms with van der Waals surface area (Å²) in [5, 5.41) is 13.1. The lowest BCUT2D eigenvalue weighted by molar-refractivity contribution is -0.136. The van der Waals surface area contributed by atoms with Crippen molar-refractivity contribution in [3.8, 4) is 0 Å². The minimum Gasteiger partial charge on any atom is -0.481 e. The van der Waals surface area contributed by atoms with Crippen molar-refractivity contribution < 1.29 is 9.90 Å². The fraction of sp³-hybridized carbons (Fsp3) is 0.455. The van der Waals surface area contributed by atoms with Crippen LogP contribution < -0.4 is 0 Å². The van der Waals surface area contributed by atoms with Crippen LogP contribution in [-0.4, -0.2) is 20.9 Å². The third-order valence-corrected chi connectivity index (χ3v) is 2.37. The first-order valence-electron chi connectivity index (χ1n) is 4.92. The third kappa shape index (κ3) is 2.68. The average molecular weight is 208 g/mol. The van der Waals surface area contributed by atoms with Crippen molar-refractivity contribution in [3.05, 3.63) is 29.1 Å². The number of allylic oxidation sites excluding steroid dienone is 2. The molecule has 1 N–H and O–H groups in total. The second-order valence-corrected chi connectivity index (χ2v) is 3.47. The summed E-state index contributed by atoms with van der Waals surface area (Å²) in [7, 11) is 0. The van der Waals surface area contributed by atoms with Crippen molar-refractivity contribution in [3.63, 3.8) is 0 Å². The highest BCUT2D eigenvalue weighted by molar-refractivity contribution is 5.70. The van der Waals surface area contributed by atoms with Crippen LogP contribution in [0.1, 0.15) is 23.9 Å². The minimum absolute atomic E-state index is 0.0491. The molecule has 0 radical (unpaired) electrons. The van der Waals surface area contributed by atoms with Gasteiger partial charge in [0, 0.05) is 11.3 Å². The van der Waals surface area contributed by atoms with Crippen LogP contribution in [0.25, 0.3) is 0 Å². The van der Waals surface area contributed by atoms with Crippen molar-refractivity contribution in [2.45, 2.75) is 33.7 Å². The summed E-state index contributed by atoms with van der Waals surface area (Å²) in [6.45, 7) is 6.39. The summed E-state index contributed by atoms with van der Waals surface area (Å²) in [5.74, 6) is -0.813. The molecule has 0 unspecified atom stereocenters. The average Bonchev–Trinajstić information content (AvgIpc) is 2.42. The van der Waals surface area contributed by atoms with E-state index in [1.165, 1.54) is 0 Å². The molecule has 0 aliphatic carbocycles. The molecule has 15 heavy (non-hydrogen) atoms. The number of aryl methyl sites for hydroxylation is 1. The molecule has 0 atom stereocenters. The summed E-state index contributed by atoms with van der Waals surface area (Å²) in [4.78, 5) is 10.6. The van der Waals surface area contributed by atoms with Crippen LogP contribution >= 0.6 is 0 Å². The number of hydrogen-bond donors (Lipinski definition) is 1. The Morgan fingerprint density at radius 3 is 2.73 bits per heavy atom. The van der Waals surface area contributed by atoms with Gasteiger partial charge in [-0.15, -0.1) is 0 Å². The number of carboxylic acids is 1. The highest BCUT2D eigenvalue weighted by Gasteiger charge is 2.13. The Morgan fingerprint density at radius 1 is 1.53 bits per heavy atom. The first kappa shape index (κ1) is 11.5. The van der Waals surface area contributed by atoms with E-state index in [2.05, 4.69) is 5.10 Å². The Labute approximate surface area is 89.2 Å². The molecule has 82 valence electrons. The van der Waals surface area contributed by atoms with Gasteiger partial charge in [-0.2, -0.15) is 5.10 Å². The van der Waals surface area contributed by atoms with Crippen LogP contribution in [-0.2, 0) is 17.8 Å². The zero-order valence-corrected chi connectivity index (χ0v) is 9.32. The molecule has 0 saturated heterocycles. The predicted octanol–water partition coefficient (Wildman–Crippen LogP) is 1.70. The van der Waals surface area contributed by atoms with Gasteiger partial charge in [0.25, 0.3) is 0 Å². The summed E-state index contributed by atoms with van der Waals surface area (Å²) in [5.41, 5.74) is 2.57. The van der Waals surface area contributed by atoms with E-state index in [0.717, 1.165) is 17.0 Å². The fourth-order valence-electron chi connectivity index (χ4n) is 1.52. The first-order valence-corrected chi connectivity index (χ1v) is 4.92. The van der Waals surface area contributed by atoms with Gasteiger partial charge in [0.15, 0.2) is 0 Å². The molecule has 0 fully saturated rings. The fourth-order valence-corrected chi connectivity index (χ4v) is 1.52. The molecule has 0 aromatic carbocycles. The SMILES string of the molecule is C/C=C/Cn1nc(C)c(CC(=O)O)c1C. The van der Waals surface area contributed by atoms with Gasteiger partial charge in [-0.3, -0.25) is 9.48 Å². The molecular weight excluding hydrogens is 192 g/mol. The highest BCUT2D eigenvalue weighted by Crippen LogP contribution is 2.13. The van der Waals surface area contributed by atoms with Crippen LogP contribution in [0.3, 0.4) is 0 Å². The van der Waals surface area contributed by atoms with Crippen molar-refractivity contribution in [1.82, 2.24) is 9.78 Å². The van der Waals surface area contributed by atoms with Gasteiger partial charge in [-0.25, -0.2) is 0 Å². The second-order valence-electron chi connectivity index (χ2n) is 3.47. The van der Waals surface area contributed by atoms with E-state index in [-0.39, 0.29) is 6.42 Å². The van der Waals surface area contributed by atoms with E-state index in [0.29, 0.717) is 6.54 Å². The number of hydrogen-bond acceptors (Lipinski definition) is 2. The van der Waals surface area contributed by atoms with E-state index in [1.54, 1.807) is 0 Å². The molecule has 1 heterocycles. The Kier molecular flexibility index (Phi) is 3.66. The molecule has 4 heteroatoms. The maximum atomic E-state index is 10.6. The normalized spacial score (nSPS) is 11.1. The zero-order valence-electron chi connectivity index (χ0n) is 9.32. The molecular formula is C11H16N2O2. The monoisotopic (exact) mass is 208 g/mol. The smallest absolute Gasteiger partial charge is 0.307 e. The zero-order chi connectivity index (χ0) is 11.4. The van der Waals surface area contributed by atoms with E-state index in [4.69, 9.17) is 5.11 Å². The van der Waals surface area contributed by atoms with Crippen molar-refractivity contribution in [2.75, 3.05) is 0 Å². The lowest BCUT2D eigenvalue weighted by Crippen LogP contribution is -2.04. The van der Waals surface area contributed by atoms with Gasteiger partial charge in [-0.1, -0.05) is 12.2 Å². The van der Waals surface area contributed by atoms with E-state index in [9.17, 15) is 4.79 Å². The Bertz CT molecular complexity index is 392. The Morgan fingerprint density at radius 2 is 2.20 bits per heavy atom. The molecule has 0 aliphatic heterocycles. The summed E-state index contributed by atoms with van der Waals surface area (Å²) < 4.78 is 1.83. The molecule has 0 aliphatic rings. The van der Waals surface area contributed by atoms with Gasteiger partial charge in [0.1, 0.15) is 0 Å². The molecule has 4 nitrogen and oxygen atoms in total. The quantitative estimate of drug-likeness (QED) is 0.766. The Balaban J connectivity index is 2.97. The van der Waals surface area contributed by atoms with Crippen molar-refractivity contribution in [1.29, 1.82) is 0 Å². The predicted molar refractivity (Wildman–Crippen MR) is 57.9 cm³/mol. The minimum atomic E-state index is -0.813. The lowest BCUT2D eigenvalue weighted by atomic mass is 10.1. The number of rotatable bonds is 4. The maximum Gasteiger partial charge on any atom is 0.307 e. The van der Waals surface area contributed by atoms with Crippen LogP contribution in [0, 0.1) is 13.8 Å². The third-order valence-electron chi connectivity index (χ3n) is 2.37. The number of aromatic nitrogens is 2. The van der Waals surface area contributed by atoms with E-state index in [1.807, 2.05) is 37.6 Å². The van der Waals surface area contributed by atoms with Crippen LogP contribution in [0.15, 0.2) is 12.2 Å². The van der Waals surface area contributed by atoms with Gasteiger partial charge in [0.05, 0.1) is 18.7 Å². The number of aliphatic carboxylic acids is 1. The lowest BCUT2D eigenvalue weighted by Gasteiger charge is -2.00. The van der Waals surface area contributed by atoms with Gasteiger partial charge < -0.3 is 5.11 Å². The van der Waals surface area contributed by atoms with Gasteiger partial charge >= 0.3 is 5.97 Å². The molecule has 1 aromatic heterocycles. The topological polar surface area (TPSA) is 55.1 Å². The van der Waals surface area contributed by atoms with Crippen LogP contribution in [0.4, 0.5) is 0 Å². The second kappa shape index (κ2) is 4.77. The van der Waals surface area contributed by atoms with Gasteiger partial charge in [0.2, 0.25) is 0 Å². The summed E-state index contributed by atoms with van der Waals surface area (Å²) in [6.07, 6.45) is 3.99. The molecule has 0 bridgehead atoms. The largest absolute Gasteiger partial charge is 0.481 e. The van der Waals surface area contributed by atoms with E-state index >= 15 is 0 Å². The number of nitrogens with zero attached hydrogens (tertiary/aromatic N) is 2.